The van der Waals surface area contributed by atoms with E-state index in [1.54, 1.807) is 0 Å². The van der Waals surface area contributed by atoms with Gasteiger partial charge in [0.25, 0.3) is 0 Å². The molecular formula is C14H19NO. The maximum absolute atomic E-state index is 9.66. The van der Waals surface area contributed by atoms with Gasteiger partial charge in [0.2, 0.25) is 0 Å². The lowest BCUT2D eigenvalue weighted by atomic mass is 9.96. The molecule has 86 valence electrons. The molecule has 1 aromatic rings. The lowest BCUT2D eigenvalue weighted by molar-refractivity contribution is 0.166. The first-order chi connectivity index (χ1) is 7.81. The minimum Gasteiger partial charge on any atom is -0.394 e. The Bertz CT molecular complexity index is 359. The second-order valence-electron chi connectivity index (χ2n) is 5.38. The highest BCUT2D eigenvalue weighted by molar-refractivity contribution is 5.36. The molecule has 0 atom stereocenters. The quantitative estimate of drug-likeness (QED) is 0.801. The summed E-state index contributed by atoms with van der Waals surface area (Å²) in [6.07, 6.45) is 4.68. The highest BCUT2D eigenvalue weighted by atomic mass is 16.3. The summed E-state index contributed by atoms with van der Waals surface area (Å²) in [6.45, 7) is 1.32. The normalized spacial score (nSPS) is 22.1. The van der Waals surface area contributed by atoms with Crippen molar-refractivity contribution in [1.82, 2.24) is 5.32 Å². The van der Waals surface area contributed by atoms with Crippen LogP contribution in [0.2, 0.25) is 0 Å². The Morgan fingerprint density at radius 1 is 1.19 bits per heavy atom. The Labute approximate surface area is 96.7 Å². The van der Waals surface area contributed by atoms with Crippen LogP contribution in [0, 0.1) is 5.92 Å². The standard InChI is InChI=1S/C14H19NO/c16-10-14(15-9-11-5-6-11)7-12-3-1-2-4-13(12)8-14/h1-4,11,15-16H,5-10H2. The average molecular weight is 217 g/mol. The zero-order chi connectivity index (χ0) is 11.0. The van der Waals surface area contributed by atoms with E-state index in [0.29, 0.717) is 0 Å². The van der Waals surface area contributed by atoms with E-state index in [1.165, 1.54) is 24.0 Å². The van der Waals surface area contributed by atoms with Crippen LogP contribution in [0.15, 0.2) is 24.3 Å². The largest absolute Gasteiger partial charge is 0.394 e. The molecule has 0 spiro atoms. The number of rotatable bonds is 4. The van der Waals surface area contributed by atoms with Crippen molar-refractivity contribution in [3.63, 3.8) is 0 Å². The van der Waals surface area contributed by atoms with Crippen LogP contribution in [0.25, 0.3) is 0 Å². The van der Waals surface area contributed by atoms with Crippen LogP contribution in [0.3, 0.4) is 0 Å². The molecular weight excluding hydrogens is 198 g/mol. The van der Waals surface area contributed by atoms with Gasteiger partial charge in [-0.05, 0) is 49.3 Å². The number of aliphatic hydroxyl groups excluding tert-OH is 1. The Balaban J connectivity index is 1.73. The third-order valence-corrected chi connectivity index (χ3v) is 3.94. The summed E-state index contributed by atoms with van der Waals surface area (Å²) < 4.78 is 0. The van der Waals surface area contributed by atoms with Crippen LogP contribution in [-0.4, -0.2) is 23.8 Å². The third kappa shape index (κ3) is 1.87. The topological polar surface area (TPSA) is 32.3 Å². The molecule has 1 fully saturated rings. The lowest BCUT2D eigenvalue weighted by Crippen LogP contribution is -2.50. The van der Waals surface area contributed by atoms with Crippen LogP contribution in [0.5, 0.6) is 0 Å². The third-order valence-electron chi connectivity index (χ3n) is 3.94. The Kier molecular flexibility index (Phi) is 2.49. The molecule has 1 aromatic carbocycles. The van der Waals surface area contributed by atoms with Crippen molar-refractivity contribution in [2.75, 3.05) is 13.2 Å². The van der Waals surface area contributed by atoms with Gasteiger partial charge in [-0.25, -0.2) is 0 Å². The Morgan fingerprint density at radius 2 is 1.81 bits per heavy atom. The maximum atomic E-state index is 9.66. The number of aliphatic hydroxyl groups is 1. The van der Waals surface area contributed by atoms with Crippen LogP contribution in [-0.2, 0) is 12.8 Å². The van der Waals surface area contributed by atoms with Gasteiger partial charge in [-0.1, -0.05) is 24.3 Å². The van der Waals surface area contributed by atoms with E-state index in [1.807, 2.05) is 0 Å². The molecule has 0 saturated heterocycles. The van der Waals surface area contributed by atoms with Gasteiger partial charge in [0.15, 0.2) is 0 Å². The SMILES string of the molecule is OCC1(NCC2CC2)Cc2ccccc2C1. The van der Waals surface area contributed by atoms with Crippen LogP contribution in [0.1, 0.15) is 24.0 Å². The van der Waals surface area contributed by atoms with E-state index in [9.17, 15) is 5.11 Å². The number of hydrogen-bond donors (Lipinski definition) is 2. The molecule has 3 rings (SSSR count). The fraction of sp³-hybridized carbons (Fsp3) is 0.571. The van der Waals surface area contributed by atoms with Crippen LogP contribution in [0.4, 0.5) is 0 Å². The minimum atomic E-state index is -0.0771. The monoisotopic (exact) mass is 217 g/mol. The summed E-state index contributed by atoms with van der Waals surface area (Å²) >= 11 is 0. The summed E-state index contributed by atoms with van der Waals surface area (Å²) in [7, 11) is 0. The van der Waals surface area contributed by atoms with E-state index < -0.39 is 0 Å². The second-order valence-corrected chi connectivity index (χ2v) is 5.38. The highest BCUT2D eigenvalue weighted by Crippen LogP contribution is 2.32. The summed E-state index contributed by atoms with van der Waals surface area (Å²) in [5.74, 6) is 0.868. The fourth-order valence-corrected chi connectivity index (χ4v) is 2.67. The molecule has 0 heterocycles. The van der Waals surface area contributed by atoms with Gasteiger partial charge >= 0.3 is 0 Å². The van der Waals surface area contributed by atoms with Crippen molar-refractivity contribution in [1.29, 1.82) is 0 Å². The zero-order valence-electron chi connectivity index (χ0n) is 9.58. The number of hydrogen-bond acceptors (Lipinski definition) is 2. The van der Waals surface area contributed by atoms with E-state index in [-0.39, 0.29) is 12.1 Å². The molecule has 2 nitrogen and oxygen atoms in total. The van der Waals surface area contributed by atoms with E-state index in [0.717, 1.165) is 25.3 Å². The van der Waals surface area contributed by atoms with Crippen molar-refractivity contribution >= 4 is 0 Å². The second kappa shape index (κ2) is 3.86. The molecule has 0 bridgehead atoms. The van der Waals surface area contributed by atoms with Gasteiger partial charge in [0.1, 0.15) is 0 Å². The fourth-order valence-electron chi connectivity index (χ4n) is 2.67. The highest BCUT2D eigenvalue weighted by Gasteiger charge is 2.37. The van der Waals surface area contributed by atoms with E-state index >= 15 is 0 Å². The van der Waals surface area contributed by atoms with Gasteiger partial charge in [-0.2, -0.15) is 0 Å². The van der Waals surface area contributed by atoms with Crippen LogP contribution >= 0.6 is 0 Å². The molecule has 0 unspecified atom stereocenters. The number of benzene rings is 1. The molecule has 2 heteroatoms. The van der Waals surface area contributed by atoms with Gasteiger partial charge in [0, 0.05) is 5.54 Å². The van der Waals surface area contributed by atoms with Gasteiger partial charge in [-0.15, -0.1) is 0 Å². The molecule has 1 saturated carbocycles. The molecule has 0 aromatic heterocycles. The first-order valence-corrected chi connectivity index (χ1v) is 6.24. The molecule has 2 aliphatic carbocycles. The summed E-state index contributed by atoms with van der Waals surface area (Å²) in [4.78, 5) is 0. The lowest BCUT2D eigenvalue weighted by Gasteiger charge is -2.28. The first-order valence-electron chi connectivity index (χ1n) is 6.24. The predicted molar refractivity (Wildman–Crippen MR) is 64.4 cm³/mol. The van der Waals surface area contributed by atoms with Crippen molar-refractivity contribution in [2.45, 2.75) is 31.2 Å². The number of nitrogens with one attached hydrogen (secondary N) is 1. The molecule has 2 aliphatic rings. The van der Waals surface area contributed by atoms with E-state index in [4.69, 9.17) is 0 Å². The van der Waals surface area contributed by atoms with Crippen molar-refractivity contribution in [3.05, 3.63) is 35.4 Å². The minimum absolute atomic E-state index is 0.0771. The van der Waals surface area contributed by atoms with Gasteiger partial charge < -0.3 is 10.4 Å². The van der Waals surface area contributed by atoms with E-state index in [2.05, 4.69) is 29.6 Å². The zero-order valence-corrected chi connectivity index (χ0v) is 9.58. The Morgan fingerprint density at radius 3 is 2.31 bits per heavy atom. The van der Waals surface area contributed by atoms with Crippen molar-refractivity contribution in [3.8, 4) is 0 Å². The molecule has 0 aliphatic heterocycles. The molecule has 2 N–H and O–H groups in total. The average Bonchev–Trinajstić information content (AvgIpc) is 3.06. The summed E-state index contributed by atoms with van der Waals surface area (Å²) in [5, 5.41) is 13.3. The number of fused-ring (bicyclic) bond motifs is 1. The molecule has 16 heavy (non-hydrogen) atoms. The molecule has 0 radical (unpaired) electrons. The summed E-state index contributed by atoms with van der Waals surface area (Å²) in [5.41, 5.74) is 2.73. The Hall–Kier alpha value is -0.860. The smallest absolute Gasteiger partial charge is 0.0619 e. The maximum Gasteiger partial charge on any atom is 0.0619 e. The first kappa shape index (κ1) is 10.3. The van der Waals surface area contributed by atoms with Gasteiger partial charge in [-0.3, -0.25) is 0 Å². The summed E-state index contributed by atoms with van der Waals surface area (Å²) in [6, 6.07) is 8.55. The molecule has 0 amide bonds. The van der Waals surface area contributed by atoms with Crippen molar-refractivity contribution < 1.29 is 5.11 Å². The predicted octanol–water partition coefficient (Wildman–Crippen LogP) is 1.52. The van der Waals surface area contributed by atoms with Crippen LogP contribution < -0.4 is 5.32 Å². The van der Waals surface area contributed by atoms with Gasteiger partial charge in [0.05, 0.1) is 6.61 Å². The van der Waals surface area contributed by atoms with Crippen molar-refractivity contribution in [2.24, 2.45) is 5.92 Å².